The first kappa shape index (κ1) is 13.4. The van der Waals surface area contributed by atoms with E-state index in [0.29, 0.717) is 10.8 Å². The first-order chi connectivity index (χ1) is 6.94. The number of hydrogen-bond donors (Lipinski definition) is 1. The van der Waals surface area contributed by atoms with Gasteiger partial charge in [-0.05, 0) is 47.8 Å². The van der Waals surface area contributed by atoms with Gasteiger partial charge >= 0.3 is 0 Å². The van der Waals surface area contributed by atoms with Gasteiger partial charge in [0.15, 0.2) is 0 Å². The summed E-state index contributed by atoms with van der Waals surface area (Å²) >= 11 is 2.04. The Bertz CT molecular complexity index is 185. The summed E-state index contributed by atoms with van der Waals surface area (Å²) < 4.78 is 0. The number of nitrogens with one attached hydrogen (secondary N) is 1. The molecular weight excluding hydrogens is 202 g/mol. The van der Waals surface area contributed by atoms with Crippen molar-refractivity contribution in [1.82, 2.24) is 5.32 Å². The Hall–Kier alpha value is 0.310. The van der Waals surface area contributed by atoms with Crippen LogP contribution in [0.5, 0.6) is 0 Å². The molecule has 0 saturated heterocycles. The number of hydrogen-bond acceptors (Lipinski definition) is 2. The SMILES string of the molecule is CCSCCCNCC1C(C)(C)C1(C)C. The number of thioether (sulfide) groups is 1. The average molecular weight is 229 g/mol. The van der Waals surface area contributed by atoms with Crippen molar-refractivity contribution in [3.05, 3.63) is 0 Å². The fourth-order valence-corrected chi connectivity index (χ4v) is 3.17. The molecule has 1 saturated carbocycles. The Morgan fingerprint density at radius 1 is 1.13 bits per heavy atom. The van der Waals surface area contributed by atoms with Crippen molar-refractivity contribution in [3.8, 4) is 0 Å². The van der Waals surface area contributed by atoms with E-state index in [1.165, 1.54) is 31.0 Å². The Balaban J connectivity index is 2.03. The summed E-state index contributed by atoms with van der Waals surface area (Å²) in [6.07, 6.45) is 1.31. The summed E-state index contributed by atoms with van der Waals surface area (Å²) in [5, 5.41) is 3.60. The normalized spacial score (nSPS) is 23.0. The summed E-state index contributed by atoms with van der Waals surface area (Å²) in [6.45, 7) is 14.2. The van der Waals surface area contributed by atoms with Gasteiger partial charge in [-0.25, -0.2) is 0 Å². The minimum atomic E-state index is 0.540. The van der Waals surface area contributed by atoms with Gasteiger partial charge in [0, 0.05) is 0 Å². The molecule has 0 atom stereocenters. The van der Waals surface area contributed by atoms with Gasteiger partial charge in [-0.15, -0.1) is 0 Å². The van der Waals surface area contributed by atoms with Gasteiger partial charge in [0.05, 0.1) is 0 Å². The highest BCUT2D eigenvalue weighted by molar-refractivity contribution is 7.99. The molecule has 0 radical (unpaired) electrons. The Labute approximate surface area is 99.8 Å². The Morgan fingerprint density at radius 3 is 2.20 bits per heavy atom. The van der Waals surface area contributed by atoms with Crippen molar-refractivity contribution < 1.29 is 0 Å². The molecule has 1 aliphatic carbocycles. The summed E-state index contributed by atoms with van der Waals surface area (Å²) in [6, 6.07) is 0. The molecule has 90 valence electrons. The van der Waals surface area contributed by atoms with E-state index in [-0.39, 0.29) is 0 Å². The van der Waals surface area contributed by atoms with Crippen LogP contribution in [0.25, 0.3) is 0 Å². The molecule has 1 nitrogen and oxygen atoms in total. The third kappa shape index (κ3) is 2.91. The lowest BCUT2D eigenvalue weighted by atomic mass is 10.0. The molecule has 0 aromatic heterocycles. The Morgan fingerprint density at radius 2 is 1.73 bits per heavy atom. The molecule has 0 heterocycles. The van der Waals surface area contributed by atoms with Crippen molar-refractivity contribution in [3.63, 3.8) is 0 Å². The van der Waals surface area contributed by atoms with Gasteiger partial charge in [0.1, 0.15) is 0 Å². The van der Waals surface area contributed by atoms with Crippen molar-refractivity contribution >= 4 is 11.8 Å². The van der Waals surface area contributed by atoms with Gasteiger partial charge in [0.25, 0.3) is 0 Å². The minimum Gasteiger partial charge on any atom is -0.316 e. The van der Waals surface area contributed by atoms with Crippen LogP contribution in [-0.4, -0.2) is 24.6 Å². The maximum Gasteiger partial charge on any atom is -0.000988 e. The van der Waals surface area contributed by atoms with Crippen LogP contribution in [0.1, 0.15) is 41.0 Å². The summed E-state index contributed by atoms with van der Waals surface area (Å²) in [5.41, 5.74) is 1.08. The second-order valence-electron chi connectivity index (χ2n) is 5.75. The largest absolute Gasteiger partial charge is 0.316 e. The maximum atomic E-state index is 3.60. The predicted molar refractivity (Wildman–Crippen MR) is 71.5 cm³/mol. The first-order valence-electron chi connectivity index (χ1n) is 6.23. The maximum absolute atomic E-state index is 3.60. The summed E-state index contributed by atoms with van der Waals surface area (Å²) in [4.78, 5) is 0. The van der Waals surface area contributed by atoms with Crippen LogP contribution in [0.2, 0.25) is 0 Å². The lowest BCUT2D eigenvalue weighted by Crippen LogP contribution is -2.21. The second kappa shape index (κ2) is 5.09. The van der Waals surface area contributed by atoms with Gasteiger partial charge in [-0.1, -0.05) is 34.6 Å². The molecule has 0 aromatic rings. The zero-order valence-electron chi connectivity index (χ0n) is 11.0. The lowest BCUT2D eigenvalue weighted by Gasteiger charge is -2.05. The van der Waals surface area contributed by atoms with Crippen LogP contribution in [0.3, 0.4) is 0 Å². The van der Waals surface area contributed by atoms with Crippen molar-refractivity contribution in [2.75, 3.05) is 24.6 Å². The average Bonchev–Trinajstić information content (AvgIpc) is 2.52. The standard InChI is InChI=1S/C13H27NS/c1-6-15-9-7-8-14-10-11-12(2,3)13(11,4)5/h11,14H,6-10H2,1-5H3. The van der Waals surface area contributed by atoms with Gasteiger partial charge in [-0.3, -0.25) is 0 Å². The van der Waals surface area contributed by atoms with Crippen molar-refractivity contribution in [2.24, 2.45) is 16.7 Å². The monoisotopic (exact) mass is 229 g/mol. The number of rotatable bonds is 7. The van der Waals surface area contributed by atoms with Gasteiger partial charge in [0.2, 0.25) is 0 Å². The highest BCUT2D eigenvalue weighted by Gasteiger charge is 2.63. The molecule has 0 amide bonds. The van der Waals surface area contributed by atoms with E-state index in [9.17, 15) is 0 Å². The molecule has 0 unspecified atom stereocenters. The van der Waals surface area contributed by atoms with E-state index in [1.54, 1.807) is 0 Å². The highest BCUT2D eigenvalue weighted by Crippen LogP contribution is 2.67. The fraction of sp³-hybridized carbons (Fsp3) is 1.00. The van der Waals surface area contributed by atoms with Gasteiger partial charge in [-0.2, -0.15) is 11.8 Å². The zero-order valence-corrected chi connectivity index (χ0v) is 11.8. The van der Waals surface area contributed by atoms with E-state index in [0.717, 1.165) is 5.92 Å². The first-order valence-corrected chi connectivity index (χ1v) is 7.38. The molecule has 2 heteroatoms. The van der Waals surface area contributed by atoms with E-state index in [4.69, 9.17) is 0 Å². The van der Waals surface area contributed by atoms with Crippen molar-refractivity contribution in [2.45, 2.75) is 41.0 Å². The summed E-state index contributed by atoms with van der Waals surface area (Å²) in [7, 11) is 0. The zero-order chi connectivity index (χ0) is 11.5. The molecular formula is C13H27NS. The second-order valence-corrected chi connectivity index (χ2v) is 7.14. The molecule has 0 aliphatic heterocycles. The van der Waals surface area contributed by atoms with E-state index in [1.807, 2.05) is 11.8 Å². The lowest BCUT2D eigenvalue weighted by molar-refractivity contribution is 0.457. The molecule has 1 aliphatic rings. The van der Waals surface area contributed by atoms with Crippen LogP contribution in [0.4, 0.5) is 0 Å². The smallest absolute Gasteiger partial charge is 0.000988 e. The van der Waals surface area contributed by atoms with Crippen LogP contribution >= 0.6 is 11.8 Å². The van der Waals surface area contributed by atoms with Crippen molar-refractivity contribution in [1.29, 1.82) is 0 Å². The minimum absolute atomic E-state index is 0.540. The predicted octanol–water partition coefficient (Wildman–Crippen LogP) is 3.40. The summed E-state index contributed by atoms with van der Waals surface area (Å²) in [5.74, 6) is 3.42. The highest BCUT2D eigenvalue weighted by atomic mass is 32.2. The molecule has 15 heavy (non-hydrogen) atoms. The molecule has 0 bridgehead atoms. The van der Waals surface area contributed by atoms with E-state index in [2.05, 4.69) is 39.9 Å². The molecule has 1 rings (SSSR count). The van der Waals surface area contributed by atoms with E-state index >= 15 is 0 Å². The molecule has 0 spiro atoms. The fourth-order valence-electron chi connectivity index (χ4n) is 2.53. The molecule has 0 aromatic carbocycles. The quantitative estimate of drug-likeness (QED) is 0.672. The third-order valence-electron chi connectivity index (χ3n) is 4.51. The Kier molecular flexibility index (Phi) is 4.54. The van der Waals surface area contributed by atoms with E-state index < -0.39 is 0 Å². The topological polar surface area (TPSA) is 12.0 Å². The third-order valence-corrected chi connectivity index (χ3v) is 5.50. The van der Waals surface area contributed by atoms with Gasteiger partial charge < -0.3 is 5.32 Å². The van der Waals surface area contributed by atoms with Crippen LogP contribution < -0.4 is 5.32 Å². The molecule has 1 fully saturated rings. The van der Waals surface area contributed by atoms with Crippen LogP contribution in [0, 0.1) is 16.7 Å². The van der Waals surface area contributed by atoms with Crippen LogP contribution in [-0.2, 0) is 0 Å². The van der Waals surface area contributed by atoms with Crippen LogP contribution in [0.15, 0.2) is 0 Å². The molecule has 1 N–H and O–H groups in total.